The molecule has 3 aromatic rings. The molecule has 6 nitrogen and oxygen atoms in total. The third-order valence-corrected chi connectivity index (χ3v) is 4.75. The number of anilines is 1. The Morgan fingerprint density at radius 1 is 1.04 bits per heavy atom. The van der Waals surface area contributed by atoms with Gasteiger partial charge in [-0.05, 0) is 29.8 Å². The molecule has 3 rings (SSSR count). The molecule has 1 N–H and O–H groups in total. The van der Waals surface area contributed by atoms with Crippen molar-refractivity contribution in [2.75, 3.05) is 19.5 Å². The molecule has 0 spiro atoms. The molecule has 0 saturated heterocycles. The van der Waals surface area contributed by atoms with Crippen LogP contribution in [0.1, 0.15) is 13.8 Å². The fourth-order valence-corrected chi connectivity index (χ4v) is 3.16. The summed E-state index contributed by atoms with van der Waals surface area (Å²) >= 11 is 0. The van der Waals surface area contributed by atoms with Crippen LogP contribution in [0.25, 0.3) is 22.0 Å². The Hall–Kier alpha value is -3.28. The zero-order valence-electron chi connectivity index (χ0n) is 16.7. The lowest BCUT2D eigenvalue weighted by Gasteiger charge is -2.19. The van der Waals surface area contributed by atoms with Crippen LogP contribution in [0.2, 0.25) is 0 Å². The van der Waals surface area contributed by atoms with Gasteiger partial charge in [0.2, 0.25) is 5.91 Å². The smallest absolute Gasteiger partial charge is 0.228 e. The molecule has 0 radical (unpaired) electrons. The van der Waals surface area contributed by atoms with Crippen LogP contribution in [-0.2, 0) is 11.8 Å². The second kappa shape index (κ2) is 7.76. The number of amides is 1. The first-order valence-corrected chi connectivity index (χ1v) is 9.04. The van der Waals surface area contributed by atoms with Crippen molar-refractivity contribution in [3.8, 4) is 22.6 Å². The molecule has 0 saturated carbocycles. The van der Waals surface area contributed by atoms with Gasteiger partial charge in [0.05, 0.1) is 25.3 Å². The van der Waals surface area contributed by atoms with E-state index in [1.807, 2.05) is 43.7 Å². The standard InChI is InChI=1S/C22H24N2O4/c1-13(2)22(26)23-21-19(14-10-11-17(27-4)18(12-14)28-5)20(25)15-8-6-7-9-16(15)24(21)3/h6-13H,1-5H3,(H,23,26). The molecule has 28 heavy (non-hydrogen) atoms. The van der Waals surface area contributed by atoms with E-state index in [1.54, 1.807) is 38.5 Å². The van der Waals surface area contributed by atoms with E-state index in [1.165, 1.54) is 0 Å². The van der Waals surface area contributed by atoms with Crippen molar-refractivity contribution in [1.29, 1.82) is 0 Å². The quantitative estimate of drug-likeness (QED) is 0.731. The highest BCUT2D eigenvalue weighted by molar-refractivity contribution is 5.99. The number of aryl methyl sites for hydroxylation is 1. The third-order valence-electron chi connectivity index (χ3n) is 4.75. The van der Waals surface area contributed by atoms with Crippen molar-refractivity contribution in [3.63, 3.8) is 0 Å². The van der Waals surface area contributed by atoms with Crippen LogP contribution < -0.4 is 20.2 Å². The predicted molar refractivity (Wildman–Crippen MR) is 111 cm³/mol. The predicted octanol–water partition coefficient (Wildman–Crippen LogP) is 3.82. The van der Waals surface area contributed by atoms with Gasteiger partial charge >= 0.3 is 0 Å². The first-order valence-electron chi connectivity index (χ1n) is 9.04. The Labute approximate surface area is 163 Å². The van der Waals surface area contributed by atoms with Crippen LogP contribution >= 0.6 is 0 Å². The fourth-order valence-electron chi connectivity index (χ4n) is 3.16. The van der Waals surface area contributed by atoms with Gasteiger partial charge in [0.15, 0.2) is 16.9 Å². The fraction of sp³-hybridized carbons (Fsp3) is 0.273. The number of rotatable bonds is 5. The number of aromatic nitrogens is 1. The van der Waals surface area contributed by atoms with Gasteiger partial charge in [0.1, 0.15) is 5.82 Å². The molecule has 2 aromatic carbocycles. The molecule has 146 valence electrons. The van der Waals surface area contributed by atoms with Crippen molar-refractivity contribution in [3.05, 3.63) is 52.7 Å². The molecule has 0 aliphatic rings. The van der Waals surface area contributed by atoms with Gasteiger partial charge in [0, 0.05) is 18.4 Å². The van der Waals surface area contributed by atoms with E-state index in [2.05, 4.69) is 5.32 Å². The number of nitrogens with zero attached hydrogens (tertiary/aromatic N) is 1. The number of pyridine rings is 1. The summed E-state index contributed by atoms with van der Waals surface area (Å²) in [6, 6.07) is 12.6. The minimum absolute atomic E-state index is 0.153. The Bertz CT molecular complexity index is 1100. The van der Waals surface area contributed by atoms with Crippen LogP contribution in [0, 0.1) is 5.92 Å². The van der Waals surface area contributed by atoms with Crippen molar-refractivity contribution in [2.45, 2.75) is 13.8 Å². The second-order valence-corrected chi connectivity index (χ2v) is 6.84. The zero-order valence-corrected chi connectivity index (χ0v) is 16.7. The molecule has 6 heteroatoms. The van der Waals surface area contributed by atoms with Crippen LogP contribution in [0.4, 0.5) is 5.82 Å². The molecular formula is C22H24N2O4. The lowest BCUT2D eigenvalue weighted by Crippen LogP contribution is -2.24. The molecule has 0 aliphatic heterocycles. The summed E-state index contributed by atoms with van der Waals surface area (Å²) < 4.78 is 12.5. The van der Waals surface area contributed by atoms with Crippen molar-refractivity contribution < 1.29 is 14.3 Å². The maximum Gasteiger partial charge on any atom is 0.228 e. The van der Waals surface area contributed by atoms with E-state index >= 15 is 0 Å². The monoisotopic (exact) mass is 380 g/mol. The minimum Gasteiger partial charge on any atom is -0.493 e. The number of para-hydroxylation sites is 1. The zero-order chi connectivity index (χ0) is 20.4. The summed E-state index contributed by atoms with van der Waals surface area (Å²) in [5.74, 6) is 1.15. The number of hydrogen-bond donors (Lipinski definition) is 1. The van der Waals surface area contributed by atoms with Gasteiger partial charge in [-0.2, -0.15) is 0 Å². The summed E-state index contributed by atoms with van der Waals surface area (Å²) in [4.78, 5) is 25.8. The maximum atomic E-state index is 13.4. The first kappa shape index (κ1) is 19.5. The molecule has 0 bridgehead atoms. The van der Waals surface area contributed by atoms with Gasteiger partial charge in [-0.25, -0.2) is 0 Å². The Balaban J connectivity index is 2.35. The Kier molecular flexibility index (Phi) is 5.40. The number of methoxy groups -OCH3 is 2. The number of carbonyl (C=O) groups is 1. The number of benzene rings is 2. The van der Waals surface area contributed by atoms with Crippen molar-refractivity contribution in [2.24, 2.45) is 13.0 Å². The van der Waals surface area contributed by atoms with E-state index in [4.69, 9.17) is 9.47 Å². The van der Waals surface area contributed by atoms with Crippen molar-refractivity contribution in [1.82, 2.24) is 4.57 Å². The third kappa shape index (κ3) is 3.33. The van der Waals surface area contributed by atoms with Gasteiger partial charge < -0.3 is 19.4 Å². The topological polar surface area (TPSA) is 69.6 Å². The number of nitrogens with one attached hydrogen (secondary N) is 1. The summed E-state index contributed by atoms with van der Waals surface area (Å²) in [5.41, 5.74) is 1.65. The molecule has 0 aliphatic carbocycles. The molecule has 1 heterocycles. The van der Waals surface area contributed by atoms with E-state index in [9.17, 15) is 9.59 Å². The molecule has 0 atom stereocenters. The summed E-state index contributed by atoms with van der Waals surface area (Å²) in [6.45, 7) is 3.62. The number of hydrogen-bond acceptors (Lipinski definition) is 4. The summed E-state index contributed by atoms with van der Waals surface area (Å²) in [7, 11) is 4.93. The van der Waals surface area contributed by atoms with Gasteiger partial charge in [-0.1, -0.05) is 32.0 Å². The average molecular weight is 380 g/mol. The van der Waals surface area contributed by atoms with Crippen LogP contribution in [-0.4, -0.2) is 24.7 Å². The van der Waals surface area contributed by atoms with E-state index in [0.29, 0.717) is 33.8 Å². The molecule has 0 unspecified atom stereocenters. The molecular weight excluding hydrogens is 356 g/mol. The summed E-state index contributed by atoms with van der Waals surface area (Å²) in [5, 5.41) is 3.51. The highest BCUT2D eigenvalue weighted by atomic mass is 16.5. The van der Waals surface area contributed by atoms with Crippen LogP contribution in [0.15, 0.2) is 47.3 Å². The second-order valence-electron chi connectivity index (χ2n) is 6.84. The van der Waals surface area contributed by atoms with Gasteiger partial charge in [-0.15, -0.1) is 0 Å². The highest BCUT2D eigenvalue weighted by Gasteiger charge is 2.20. The lowest BCUT2D eigenvalue weighted by molar-refractivity contribution is -0.118. The number of carbonyl (C=O) groups excluding carboxylic acids is 1. The van der Waals surface area contributed by atoms with Gasteiger partial charge in [-0.3, -0.25) is 9.59 Å². The molecule has 1 aromatic heterocycles. The Morgan fingerprint density at radius 2 is 1.71 bits per heavy atom. The largest absolute Gasteiger partial charge is 0.493 e. The summed E-state index contributed by atoms with van der Waals surface area (Å²) in [6.07, 6.45) is 0. The minimum atomic E-state index is -0.222. The molecule has 1 amide bonds. The number of fused-ring (bicyclic) bond motifs is 1. The number of ether oxygens (including phenoxy) is 2. The van der Waals surface area contributed by atoms with Crippen molar-refractivity contribution >= 4 is 22.6 Å². The van der Waals surface area contributed by atoms with E-state index < -0.39 is 0 Å². The van der Waals surface area contributed by atoms with E-state index in [0.717, 1.165) is 5.52 Å². The van der Waals surface area contributed by atoms with Gasteiger partial charge in [0.25, 0.3) is 0 Å². The molecule has 0 fully saturated rings. The SMILES string of the molecule is COc1ccc(-c2c(NC(=O)C(C)C)n(C)c3ccccc3c2=O)cc1OC. The van der Waals surface area contributed by atoms with Crippen LogP contribution in [0.5, 0.6) is 11.5 Å². The first-order chi connectivity index (χ1) is 13.4. The normalized spacial score (nSPS) is 10.9. The Morgan fingerprint density at radius 3 is 2.36 bits per heavy atom. The van der Waals surface area contributed by atoms with Crippen LogP contribution in [0.3, 0.4) is 0 Å². The maximum absolute atomic E-state index is 13.4. The van der Waals surface area contributed by atoms with E-state index in [-0.39, 0.29) is 17.3 Å². The lowest BCUT2D eigenvalue weighted by atomic mass is 10.0. The highest BCUT2D eigenvalue weighted by Crippen LogP contribution is 2.35. The average Bonchev–Trinajstić information content (AvgIpc) is 2.71.